The first-order chi connectivity index (χ1) is 9.66. The van der Waals surface area contributed by atoms with E-state index in [1.54, 1.807) is 0 Å². The molecule has 0 aromatic heterocycles. The first-order valence-electron chi connectivity index (χ1n) is 7.77. The van der Waals surface area contributed by atoms with Gasteiger partial charge in [0, 0.05) is 6.04 Å². The molecule has 1 aromatic rings. The summed E-state index contributed by atoms with van der Waals surface area (Å²) in [6.07, 6.45) is 5.79. The molecule has 1 aliphatic rings. The van der Waals surface area contributed by atoms with Gasteiger partial charge in [-0.15, -0.1) is 0 Å². The summed E-state index contributed by atoms with van der Waals surface area (Å²) in [6.45, 7) is 8.56. The van der Waals surface area contributed by atoms with Crippen LogP contribution in [0.25, 0.3) is 0 Å². The number of para-hydroxylation sites is 1. The molecule has 2 rings (SSSR count). The summed E-state index contributed by atoms with van der Waals surface area (Å²) in [5, 5.41) is 3.46. The number of ether oxygens (including phenoxy) is 1. The summed E-state index contributed by atoms with van der Waals surface area (Å²) in [7, 11) is 0. The van der Waals surface area contributed by atoms with Gasteiger partial charge in [0.2, 0.25) is 0 Å². The topological polar surface area (TPSA) is 21.3 Å². The van der Waals surface area contributed by atoms with E-state index in [4.69, 9.17) is 4.74 Å². The van der Waals surface area contributed by atoms with E-state index in [1.165, 1.54) is 11.1 Å². The van der Waals surface area contributed by atoms with Gasteiger partial charge in [0.1, 0.15) is 5.75 Å². The van der Waals surface area contributed by atoms with Crippen molar-refractivity contribution in [2.75, 3.05) is 13.2 Å². The Bertz CT molecular complexity index is 450. The molecule has 2 heteroatoms. The number of rotatable bonds is 6. The molecule has 0 amide bonds. The number of allylic oxidation sites excluding steroid dienone is 1. The van der Waals surface area contributed by atoms with E-state index < -0.39 is 0 Å². The lowest BCUT2D eigenvalue weighted by atomic mass is 9.87. The molecular formula is C18H27NO. The van der Waals surface area contributed by atoms with E-state index in [1.807, 2.05) is 0 Å². The molecule has 1 unspecified atom stereocenters. The minimum Gasteiger partial charge on any atom is -0.493 e. The van der Waals surface area contributed by atoms with Crippen LogP contribution in [0.3, 0.4) is 0 Å². The van der Waals surface area contributed by atoms with Gasteiger partial charge in [0.05, 0.1) is 6.61 Å². The minimum atomic E-state index is 0.575. The second kappa shape index (κ2) is 7.49. The molecule has 1 atom stereocenters. The first-order valence-corrected chi connectivity index (χ1v) is 7.77. The van der Waals surface area contributed by atoms with Crippen LogP contribution in [0.15, 0.2) is 35.9 Å². The summed E-state index contributed by atoms with van der Waals surface area (Å²) in [5.41, 5.74) is 2.88. The maximum atomic E-state index is 5.73. The van der Waals surface area contributed by atoms with Crippen LogP contribution >= 0.6 is 0 Å². The lowest BCUT2D eigenvalue weighted by Crippen LogP contribution is -2.23. The van der Waals surface area contributed by atoms with E-state index >= 15 is 0 Å². The predicted molar refractivity (Wildman–Crippen MR) is 85.4 cm³/mol. The Balaban J connectivity index is 1.89. The zero-order chi connectivity index (χ0) is 14.4. The molecule has 0 radical (unpaired) electrons. The van der Waals surface area contributed by atoms with Crippen LogP contribution in [0, 0.1) is 0 Å². The largest absolute Gasteiger partial charge is 0.493 e. The van der Waals surface area contributed by atoms with Crippen LogP contribution in [0.1, 0.15) is 51.5 Å². The van der Waals surface area contributed by atoms with E-state index in [9.17, 15) is 0 Å². The molecule has 1 aliphatic heterocycles. The Kier molecular flexibility index (Phi) is 5.66. The molecule has 0 spiro atoms. The molecule has 1 aromatic carbocycles. The van der Waals surface area contributed by atoms with Gasteiger partial charge in [-0.2, -0.15) is 0 Å². The first kappa shape index (κ1) is 15.1. The van der Waals surface area contributed by atoms with Crippen molar-refractivity contribution in [1.29, 1.82) is 0 Å². The molecule has 20 heavy (non-hydrogen) atoms. The van der Waals surface area contributed by atoms with Crippen LogP contribution in [0.2, 0.25) is 0 Å². The Labute approximate surface area is 123 Å². The molecule has 0 saturated heterocycles. The highest BCUT2D eigenvalue weighted by atomic mass is 16.5. The summed E-state index contributed by atoms with van der Waals surface area (Å²) in [4.78, 5) is 0. The summed E-state index contributed by atoms with van der Waals surface area (Å²) >= 11 is 0. The second-order valence-corrected chi connectivity index (χ2v) is 6.02. The number of hydrogen-bond acceptors (Lipinski definition) is 2. The van der Waals surface area contributed by atoms with Gasteiger partial charge in [-0.1, -0.05) is 43.7 Å². The van der Waals surface area contributed by atoms with E-state index in [2.05, 4.69) is 56.4 Å². The Morgan fingerprint density at radius 2 is 2.20 bits per heavy atom. The van der Waals surface area contributed by atoms with Crippen molar-refractivity contribution in [2.45, 2.75) is 52.0 Å². The molecule has 0 fully saturated rings. The molecule has 1 N–H and O–H groups in total. The van der Waals surface area contributed by atoms with Crippen LogP contribution in [0.5, 0.6) is 5.75 Å². The summed E-state index contributed by atoms with van der Waals surface area (Å²) < 4.78 is 5.73. The third-order valence-electron chi connectivity index (χ3n) is 3.84. The smallest absolute Gasteiger partial charge is 0.122 e. The lowest BCUT2D eigenvalue weighted by Gasteiger charge is -2.26. The third-order valence-corrected chi connectivity index (χ3v) is 3.84. The average Bonchev–Trinajstić information content (AvgIpc) is 2.44. The zero-order valence-corrected chi connectivity index (χ0v) is 13.0. The van der Waals surface area contributed by atoms with Gasteiger partial charge in [0.25, 0.3) is 0 Å². The Hall–Kier alpha value is -1.28. The minimum absolute atomic E-state index is 0.575. The molecule has 110 valence electrons. The second-order valence-electron chi connectivity index (χ2n) is 6.02. The maximum absolute atomic E-state index is 5.73. The fourth-order valence-electron chi connectivity index (χ4n) is 2.79. The van der Waals surface area contributed by atoms with Gasteiger partial charge in [0.15, 0.2) is 0 Å². The molecule has 1 heterocycles. The normalized spacial score (nSPS) is 18.8. The molecule has 2 nitrogen and oxygen atoms in total. The fraction of sp³-hybridized carbons (Fsp3) is 0.556. The Morgan fingerprint density at radius 3 is 3.00 bits per heavy atom. The molecule has 0 aliphatic carbocycles. The van der Waals surface area contributed by atoms with E-state index in [0.717, 1.165) is 38.2 Å². The van der Waals surface area contributed by atoms with Gasteiger partial charge in [-0.25, -0.2) is 0 Å². The maximum Gasteiger partial charge on any atom is 0.122 e. The molecule has 0 bridgehead atoms. The highest BCUT2D eigenvalue weighted by Gasteiger charge is 2.20. The van der Waals surface area contributed by atoms with Crippen LogP contribution in [0.4, 0.5) is 0 Å². The van der Waals surface area contributed by atoms with Gasteiger partial charge in [-0.05, 0) is 50.3 Å². The molecule has 0 saturated carbocycles. The highest BCUT2D eigenvalue weighted by molar-refractivity contribution is 5.38. The highest BCUT2D eigenvalue weighted by Crippen LogP contribution is 2.37. The summed E-state index contributed by atoms with van der Waals surface area (Å²) in [5.74, 6) is 1.70. The number of nitrogens with one attached hydrogen (secondary N) is 1. The van der Waals surface area contributed by atoms with Crippen LogP contribution < -0.4 is 10.1 Å². The van der Waals surface area contributed by atoms with Gasteiger partial charge < -0.3 is 10.1 Å². The SMILES string of the molecule is C/C(=C/CCNC(C)C)CC1CCOc2ccccc21. The standard InChI is InChI=1S/C18H27NO/c1-14(2)19-11-6-7-15(3)13-16-10-12-20-18-9-5-4-8-17(16)18/h4-5,7-9,14,16,19H,6,10-13H2,1-3H3/b15-7-. The van der Waals surface area contributed by atoms with Gasteiger partial charge >= 0.3 is 0 Å². The fourth-order valence-corrected chi connectivity index (χ4v) is 2.79. The van der Waals surface area contributed by atoms with Crippen molar-refractivity contribution in [3.05, 3.63) is 41.5 Å². The number of hydrogen-bond donors (Lipinski definition) is 1. The van der Waals surface area contributed by atoms with Crippen LogP contribution in [-0.4, -0.2) is 19.2 Å². The Morgan fingerprint density at radius 1 is 1.40 bits per heavy atom. The van der Waals surface area contributed by atoms with Crippen LogP contribution in [-0.2, 0) is 0 Å². The quantitative estimate of drug-likeness (QED) is 0.617. The average molecular weight is 273 g/mol. The monoisotopic (exact) mass is 273 g/mol. The van der Waals surface area contributed by atoms with Crippen molar-refractivity contribution >= 4 is 0 Å². The van der Waals surface area contributed by atoms with E-state index in [-0.39, 0.29) is 0 Å². The van der Waals surface area contributed by atoms with Crippen molar-refractivity contribution in [3.8, 4) is 5.75 Å². The van der Waals surface area contributed by atoms with E-state index in [0.29, 0.717) is 12.0 Å². The third kappa shape index (κ3) is 4.38. The van der Waals surface area contributed by atoms with Crippen molar-refractivity contribution < 1.29 is 4.74 Å². The number of fused-ring (bicyclic) bond motifs is 1. The van der Waals surface area contributed by atoms with Crippen molar-refractivity contribution in [1.82, 2.24) is 5.32 Å². The zero-order valence-electron chi connectivity index (χ0n) is 13.0. The van der Waals surface area contributed by atoms with Crippen molar-refractivity contribution in [2.24, 2.45) is 0 Å². The predicted octanol–water partition coefficient (Wildman–Crippen LogP) is 4.28. The summed E-state index contributed by atoms with van der Waals surface area (Å²) in [6, 6.07) is 9.05. The van der Waals surface area contributed by atoms with Crippen molar-refractivity contribution in [3.63, 3.8) is 0 Å². The number of benzene rings is 1. The lowest BCUT2D eigenvalue weighted by molar-refractivity contribution is 0.266. The van der Waals surface area contributed by atoms with Gasteiger partial charge in [-0.3, -0.25) is 0 Å². The molecular weight excluding hydrogens is 246 g/mol.